The number of carbonyl (C=O) groups is 1. The van der Waals surface area contributed by atoms with Crippen LogP contribution in [0.2, 0.25) is 0 Å². The Morgan fingerprint density at radius 3 is 2.86 bits per heavy atom. The van der Waals surface area contributed by atoms with Gasteiger partial charge in [0, 0.05) is 13.1 Å². The number of fused-ring (bicyclic) bond motifs is 1. The number of rotatable bonds is 1. The number of imidazole rings is 1. The predicted octanol–water partition coefficient (Wildman–Crippen LogP) is 3.59. The fourth-order valence-electron chi connectivity index (χ4n) is 2.56. The van der Waals surface area contributed by atoms with Gasteiger partial charge in [-0.3, -0.25) is 0 Å². The van der Waals surface area contributed by atoms with Gasteiger partial charge in [-0.2, -0.15) is 0 Å². The minimum Gasteiger partial charge on any atom is -0.444 e. The second-order valence-electron chi connectivity index (χ2n) is 6.54. The molecule has 0 aliphatic carbocycles. The van der Waals surface area contributed by atoms with E-state index in [4.69, 9.17) is 4.74 Å². The molecule has 0 spiro atoms. The number of carbonyl (C=O) groups excluding carboxylic acids is 1. The first-order valence-corrected chi connectivity index (χ1v) is 7.53. The molecule has 0 unspecified atom stereocenters. The zero-order valence-corrected chi connectivity index (χ0v) is 13.2. The van der Waals surface area contributed by atoms with Gasteiger partial charge in [-0.1, -0.05) is 12.1 Å². The Morgan fingerprint density at radius 2 is 2.18 bits per heavy atom. The first-order valence-electron chi connectivity index (χ1n) is 7.53. The fourth-order valence-corrected chi connectivity index (χ4v) is 2.56. The van der Waals surface area contributed by atoms with Crippen molar-refractivity contribution in [1.29, 1.82) is 0 Å². The second-order valence-corrected chi connectivity index (χ2v) is 6.54. The summed E-state index contributed by atoms with van der Waals surface area (Å²) in [4.78, 5) is 21.2. The highest BCUT2D eigenvalue weighted by molar-refractivity contribution is 5.81. The van der Waals surface area contributed by atoms with Crippen LogP contribution >= 0.6 is 0 Å². The summed E-state index contributed by atoms with van der Waals surface area (Å²) < 4.78 is 5.41. The van der Waals surface area contributed by atoms with Gasteiger partial charge in [0.05, 0.1) is 17.4 Å². The van der Waals surface area contributed by atoms with E-state index in [0.717, 1.165) is 17.5 Å². The zero-order valence-electron chi connectivity index (χ0n) is 13.2. The van der Waals surface area contributed by atoms with Gasteiger partial charge in [-0.05, 0) is 50.5 Å². The van der Waals surface area contributed by atoms with Gasteiger partial charge in [0.2, 0.25) is 0 Å². The third kappa shape index (κ3) is 3.13. The zero-order chi connectivity index (χ0) is 15.7. The quantitative estimate of drug-likeness (QED) is 0.875. The van der Waals surface area contributed by atoms with Gasteiger partial charge in [-0.15, -0.1) is 0 Å². The number of aromatic amines is 1. The standard InChI is InChI=1S/C17H21N3O2/c1-17(2,3)22-16(21)20-8-6-12(7-9-20)13-4-5-14-15(10-13)19-11-18-14/h4-6,10-11H,7-9H2,1-3H3,(H,18,19). The summed E-state index contributed by atoms with van der Waals surface area (Å²) in [5.41, 5.74) is 3.98. The van der Waals surface area contributed by atoms with E-state index in [1.165, 1.54) is 11.1 Å². The molecule has 0 bridgehead atoms. The molecule has 2 aromatic rings. The monoisotopic (exact) mass is 299 g/mol. The molecule has 5 nitrogen and oxygen atoms in total. The Kier molecular flexibility index (Phi) is 3.64. The normalized spacial score (nSPS) is 15.8. The van der Waals surface area contributed by atoms with Crippen molar-refractivity contribution in [1.82, 2.24) is 14.9 Å². The van der Waals surface area contributed by atoms with E-state index in [1.54, 1.807) is 11.2 Å². The Morgan fingerprint density at radius 1 is 1.36 bits per heavy atom. The number of nitrogens with zero attached hydrogens (tertiary/aromatic N) is 2. The Hall–Kier alpha value is -2.30. The molecule has 116 valence electrons. The Bertz CT molecular complexity index is 725. The van der Waals surface area contributed by atoms with Crippen molar-refractivity contribution >= 4 is 22.7 Å². The van der Waals surface area contributed by atoms with Crippen molar-refractivity contribution in [2.45, 2.75) is 32.8 Å². The highest BCUT2D eigenvalue weighted by atomic mass is 16.6. The van der Waals surface area contributed by atoms with Crippen LogP contribution in [0.4, 0.5) is 4.79 Å². The minimum absolute atomic E-state index is 0.245. The van der Waals surface area contributed by atoms with E-state index >= 15 is 0 Å². The molecular weight excluding hydrogens is 278 g/mol. The molecule has 22 heavy (non-hydrogen) atoms. The SMILES string of the molecule is CC(C)(C)OC(=O)N1CC=C(c2ccc3[nH]cnc3c2)CC1. The molecule has 1 N–H and O–H groups in total. The maximum absolute atomic E-state index is 12.1. The van der Waals surface area contributed by atoms with E-state index in [1.807, 2.05) is 26.8 Å². The van der Waals surface area contributed by atoms with E-state index in [-0.39, 0.29) is 6.09 Å². The first-order chi connectivity index (χ1) is 10.4. The minimum atomic E-state index is -0.452. The first kappa shape index (κ1) is 14.6. The Labute approximate surface area is 130 Å². The van der Waals surface area contributed by atoms with Crippen LogP contribution in [0.25, 0.3) is 16.6 Å². The van der Waals surface area contributed by atoms with Crippen LogP contribution in [0.15, 0.2) is 30.6 Å². The molecule has 1 aromatic heterocycles. The molecule has 1 aliphatic rings. The molecule has 5 heteroatoms. The fraction of sp³-hybridized carbons (Fsp3) is 0.412. The van der Waals surface area contributed by atoms with Crippen molar-refractivity contribution < 1.29 is 9.53 Å². The van der Waals surface area contributed by atoms with Gasteiger partial charge in [0.15, 0.2) is 0 Å². The molecule has 3 rings (SSSR count). The highest BCUT2D eigenvalue weighted by Gasteiger charge is 2.23. The van der Waals surface area contributed by atoms with Crippen molar-refractivity contribution in [3.63, 3.8) is 0 Å². The number of ether oxygens (including phenoxy) is 1. The maximum Gasteiger partial charge on any atom is 0.410 e. The van der Waals surface area contributed by atoms with Crippen LogP contribution in [-0.4, -0.2) is 39.7 Å². The van der Waals surface area contributed by atoms with Crippen LogP contribution in [0.5, 0.6) is 0 Å². The van der Waals surface area contributed by atoms with Crippen molar-refractivity contribution in [2.24, 2.45) is 0 Å². The Balaban J connectivity index is 1.72. The molecule has 0 saturated heterocycles. The number of hydrogen-bond acceptors (Lipinski definition) is 3. The number of benzene rings is 1. The largest absolute Gasteiger partial charge is 0.444 e. The van der Waals surface area contributed by atoms with Crippen molar-refractivity contribution in [3.8, 4) is 0 Å². The summed E-state index contributed by atoms with van der Waals surface area (Å²) in [7, 11) is 0. The van der Waals surface area contributed by atoms with Crippen LogP contribution in [0.1, 0.15) is 32.8 Å². The van der Waals surface area contributed by atoms with E-state index in [9.17, 15) is 4.79 Å². The summed E-state index contributed by atoms with van der Waals surface area (Å²) >= 11 is 0. The molecule has 2 heterocycles. The van der Waals surface area contributed by atoms with Gasteiger partial charge < -0.3 is 14.6 Å². The second kappa shape index (κ2) is 5.48. The predicted molar refractivity (Wildman–Crippen MR) is 86.5 cm³/mol. The summed E-state index contributed by atoms with van der Waals surface area (Å²) in [5, 5.41) is 0. The lowest BCUT2D eigenvalue weighted by molar-refractivity contribution is 0.0270. The van der Waals surface area contributed by atoms with Crippen molar-refractivity contribution in [2.75, 3.05) is 13.1 Å². The molecule has 1 aliphatic heterocycles. The average Bonchev–Trinajstić information content (AvgIpc) is 2.93. The van der Waals surface area contributed by atoms with Crippen LogP contribution in [-0.2, 0) is 4.74 Å². The summed E-state index contributed by atoms with van der Waals surface area (Å²) in [5.74, 6) is 0. The molecule has 1 amide bonds. The number of amides is 1. The third-order valence-electron chi connectivity index (χ3n) is 3.65. The van der Waals surface area contributed by atoms with E-state index < -0.39 is 5.60 Å². The lowest BCUT2D eigenvalue weighted by Gasteiger charge is -2.29. The van der Waals surface area contributed by atoms with Gasteiger partial charge >= 0.3 is 6.09 Å². The number of nitrogens with one attached hydrogen (secondary N) is 1. The summed E-state index contributed by atoms with van der Waals surface area (Å²) in [6.45, 7) is 6.92. The lowest BCUT2D eigenvalue weighted by atomic mass is 9.99. The maximum atomic E-state index is 12.1. The smallest absolute Gasteiger partial charge is 0.410 e. The third-order valence-corrected chi connectivity index (χ3v) is 3.65. The molecule has 0 radical (unpaired) electrons. The highest BCUT2D eigenvalue weighted by Crippen LogP contribution is 2.25. The van der Waals surface area contributed by atoms with Gasteiger partial charge in [-0.25, -0.2) is 9.78 Å². The van der Waals surface area contributed by atoms with Gasteiger partial charge in [0.25, 0.3) is 0 Å². The van der Waals surface area contributed by atoms with Crippen LogP contribution in [0, 0.1) is 0 Å². The molecule has 0 fully saturated rings. The molecule has 1 aromatic carbocycles. The summed E-state index contributed by atoms with van der Waals surface area (Å²) in [6.07, 6.45) is 4.38. The topological polar surface area (TPSA) is 58.2 Å². The molecule has 0 atom stereocenters. The van der Waals surface area contributed by atoms with E-state index in [0.29, 0.717) is 13.1 Å². The summed E-state index contributed by atoms with van der Waals surface area (Å²) in [6, 6.07) is 6.22. The van der Waals surface area contributed by atoms with Gasteiger partial charge in [0.1, 0.15) is 5.60 Å². The van der Waals surface area contributed by atoms with Crippen molar-refractivity contribution in [3.05, 3.63) is 36.2 Å². The average molecular weight is 299 g/mol. The molecule has 0 saturated carbocycles. The van der Waals surface area contributed by atoms with Crippen LogP contribution in [0.3, 0.4) is 0 Å². The lowest BCUT2D eigenvalue weighted by Crippen LogP contribution is -2.39. The number of aromatic nitrogens is 2. The molecular formula is C17H21N3O2. The van der Waals surface area contributed by atoms with E-state index in [2.05, 4.69) is 28.2 Å². The van der Waals surface area contributed by atoms with Crippen LogP contribution < -0.4 is 0 Å². The number of H-pyrrole nitrogens is 1. The number of hydrogen-bond donors (Lipinski definition) is 1.